The fraction of sp³-hybridized carbons (Fsp3) is 0.312. The SMILES string of the molecule is O=C(O)Cn1ccc(NC(=O)C2CC2c2cccc(C(F)(F)F)c2)n1. The molecule has 1 aliphatic rings. The normalized spacial score (nSPS) is 19.5. The molecule has 0 aliphatic heterocycles. The summed E-state index contributed by atoms with van der Waals surface area (Å²) in [6.07, 6.45) is -2.54. The summed E-state index contributed by atoms with van der Waals surface area (Å²) in [5, 5.41) is 15.1. The van der Waals surface area contributed by atoms with Gasteiger partial charge in [-0.25, -0.2) is 0 Å². The molecule has 2 aromatic rings. The quantitative estimate of drug-likeness (QED) is 0.866. The monoisotopic (exact) mass is 353 g/mol. The highest BCUT2D eigenvalue weighted by molar-refractivity contribution is 5.94. The van der Waals surface area contributed by atoms with Crippen LogP contribution in [0.4, 0.5) is 19.0 Å². The van der Waals surface area contributed by atoms with Gasteiger partial charge in [-0.3, -0.25) is 14.3 Å². The lowest BCUT2D eigenvalue weighted by Gasteiger charge is -2.08. The lowest BCUT2D eigenvalue weighted by Crippen LogP contribution is -2.16. The second kappa shape index (κ2) is 6.23. The van der Waals surface area contributed by atoms with Crippen LogP contribution in [0, 0.1) is 5.92 Å². The number of carbonyl (C=O) groups excluding carboxylic acids is 1. The first-order valence-electron chi connectivity index (χ1n) is 7.47. The largest absolute Gasteiger partial charge is 0.480 e. The Labute approximate surface area is 140 Å². The lowest BCUT2D eigenvalue weighted by atomic mass is 10.1. The molecule has 9 heteroatoms. The molecule has 0 saturated heterocycles. The number of benzene rings is 1. The molecular formula is C16H14F3N3O3. The van der Waals surface area contributed by atoms with Crippen molar-refractivity contribution in [1.29, 1.82) is 0 Å². The minimum Gasteiger partial charge on any atom is -0.480 e. The van der Waals surface area contributed by atoms with E-state index in [4.69, 9.17) is 5.11 Å². The average Bonchev–Trinajstić information content (AvgIpc) is 3.22. The smallest absolute Gasteiger partial charge is 0.416 e. The third-order valence-corrected chi connectivity index (χ3v) is 3.96. The second-order valence-corrected chi connectivity index (χ2v) is 5.85. The molecule has 1 aromatic carbocycles. The van der Waals surface area contributed by atoms with Crippen LogP contribution in [0.15, 0.2) is 36.5 Å². The van der Waals surface area contributed by atoms with Gasteiger partial charge in [0.15, 0.2) is 5.82 Å². The Balaban J connectivity index is 1.62. The molecule has 2 unspecified atom stereocenters. The molecule has 132 valence electrons. The Kier molecular flexibility index (Phi) is 4.23. The molecule has 6 nitrogen and oxygen atoms in total. The number of nitrogens with zero attached hydrogens (tertiary/aromatic N) is 2. The van der Waals surface area contributed by atoms with Gasteiger partial charge in [-0.2, -0.15) is 18.3 Å². The van der Waals surface area contributed by atoms with Crippen molar-refractivity contribution in [2.24, 2.45) is 5.92 Å². The number of nitrogens with one attached hydrogen (secondary N) is 1. The Morgan fingerprint density at radius 1 is 1.32 bits per heavy atom. The number of rotatable bonds is 5. The zero-order chi connectivity index (χ0) is 18.2. The highest BCUT2D eigenvalue weighted by Gasteiger charge is 2.44. The van der Waals surface area contributed by atoms with Gasteiger partial charge in [0.2, 0.25) is 5.91 Å². The van der Waals surface area contributed by atoms with Crippen LogP contribution in [-0.4, -0.2) is 26.8 Å². The molecular weight excluding hydrogens is 339 g/mol. The summed E-state index contributed by atoms with van der Waals surface area (Å²) in [5.41, 5.74) is -0.255. The van der Waals surface area contributed by atoms with Crippen molar-refractivity contribution in [3.05, 3.63) is 47.7 Å². The summed E-state index contributed by atoms with van der Waals surface area (Å²) in [4.78, 5) is 22.8. The van der Waals surface area contributed by atoms with Gasteiger partial charge in [0.1, 0.15) is 6.54 Å². The number of alkyl halides is 3. The van der Waals surface area contributed by atoms with Crippen LogP contribution in [0.2, 0.25) is 0 Å². The molecule has 1 heterocycles. The van der Waals surface area contributed by atoms with E-state index in [0.29, 0.717) is 12.0 Å². The summed E-state index contributed by atoms with van der Waals surface area (Å²) in [6, 6.07) is 6.44. The van der Waals surface area contributed by atoms with Crippen LogP contribution in [0.25, 0.3) is 0 Å². The zero-order valence-corrected chi connectivity index (χ0v) is 12.8. The molecule has 1 fully saturated rings. The van der Waals surface area contributed by atoms with Gasteiger partial charge in [-0.15, -0.1) is 0 Å². The standard InChI is InChI=1S/C16H14F3N3O3/c17-16(18,19)10-3-1-2-9(6-10)11-7-12(11)15(25)20-13-4-5-22(21-13)8-14(23)24/h1-6,11-12H,7-8H2,(H,23,24)(H,20,21,25). The van der Waals surface area contributed by atoms with Gasteiger partial charge in [-0.05, 0) is 24.0 Å². The number of carboxylic acids is 1. The molecule has 1 saturated carbocycles. The van der Waals surface area contributed by atoms with Crippen LogP contribution in [0.1, 0.15) is 23.5 Å². The van der Waals surface area contributed by atoms with E-state index in [1.165, 1.54) is 18.3 Å². The van der Waals surface area contributed by atoms with Crippen LogP contribution >= 0.6 is 0 Å². The van der Waals surface area contributed by atoms with Gasteiger partial charge in [-0.1, -0.05) is 18.2 Å². The van der Waals surface area contributed by atoms with E-state index in [1.807, 2.05) is 0 Å². The molecule has 1 aliphatic carbocycles. The van der Waals surface area contributed by atoms with Crippen molar-refractivity contribution in [2.75, 3.05) is 5.32 Å². The van der Waals surface area contributed by atoms with Gasteiger partial charge in [0.05, 0.1) is 5.56 Å². The molecule has 2 atom stereocenters. The molecule has 3 rings (SSSR count). The zero-order valence-electron chi connectivity index (χ0n) is 12.8. The summed E-state index contributed by atoms with van der Waals surface area (Å²) in [7, 11) is 0. The first-order chi connectivity index (χ1) is 11.7. The first kappa shape index (κ1) is 17.0. The Morgan fingerprint density at radius 3 is 2.76 bits per heavy atom. The van der Waals surface area contributed by atoms with E-state index >= 15 is 0 Å². The molecule has 0 spiro atoms. The topological polar surface area (TPSA) is 84.2 Å². The minimum absolute atomic E-state index is 0.209. The van der Waals surface area contributed by atoms with Crippen molar-refractivity contribution in [1.82, 2.24) is 9.78 Å². The fourth-order valence-electron chi connectivity index (χ4n) is 2.67. The number of hydrogen-bond acceptors (Lipinski definition) is 3. The number of aromatic nitrogens is 2. The van der Waals surface area contributed by atoms with Crippen LogP contribution in [0.3, 0.4) is 0 Å². The van der Waals surface area contributed by atoms with Crippen molar-refractivity contribution in [3.8, 4) is 0 Å². The maximum Gasteiger partial charge on any atom is 0.416 e. The molecule has 0 radical (unpaired) electrons. The van der Waals surface area contributed by atoms with E-state index in [-0.39, 0.29) is 24.2 Å². The fourth-order valence-corrected chi connectivity index (χ4v) is 2.67. The molecule has 25 heavy (non-hydrogen) atoms. The number of aliphatic carboxylic acids is 1. The summed E-state index contributed by atoms with van der Waals surface area (Å²) in [5.74, 6) is -1.88. The van der Waals surface area contributed by atoms with E-state index in [9.17, 15) is 22.8 Å². The summed E-state index contributed by atoms with van der Waals surface area (Å²) >= 11 is 0. The van der Waals surface area contributed by atoms with Crippen molar-refractivity contribution >= 4 is 17.7 Å². The first-order valence-corrected chi connectivity index (χ1v) is 7.47. The minimum atomic E-state index is -4.42. The third-order valence-electron chi connectivity index (χ3n) is 3.96. The van der Waals surface area contributed by atoms with Gasteiger partial charge < -0.3 is 10.4 Å². The number of carbonyl (C=O) groups is 2. The second-order valence-electron chi connectivity index (χ2n) is 5.85. The predicted molar refractivity (Wildman–Crippen MR) is 80.8 cm³/mol. The predicted octanol–water partition coefficient (Wildman–Crippen LogP) is 2.73. The summed E-state index contributed by atoms with van der Waals surface area (Å²) < 4.78 is 39.4. The Morgan fingerprint density at radius 2 is 2.08 bits per heavy atom. The van der Waals surface area contributed by atoms with Crippen LogP contribution in [-0.2, 0) is 22.3 Å². The average molecular weight is 353 g/mol. The van der Waals surface area contributed by atoms with Gasteiger partial charge >= 0.3 is 12.1 Å². The van der Waals surface area contributed by atoms with Gasteiger partial charge in [0, 0.05) is 18.2 Å². The maximum atomic E-state index is 12.8. The number of halogens is 3. The molecule has 1 aromatic heterocycles. The van der Waals surface area contributed by atoms with Crippen molar-refractivity contribution in [2.45, 2.75) is 25.1 Å². The van der Waals surface area contributed by atoms with E-state index < -0.39 is 23.6 Å². The molecule has 0 bridgehead atoms. The molecule has 2 N–H and O–H groups in total. The Bertz CT molecular complexity index is 816. The lowest BCUT2D eigenvalue weighted by molar-refractivity contribution is -0.138. The number of amides is 1. The third kappa shape index (κ3) is 3.98. The van der Waals surface area contributed by atoms with Crippen LogP contribution in [0.5, 0.6) is 0 Å². The highest BCUT2D eigenvalue weighted by Crippen LogP contribution is 2.48. The van der Waals surface area contributed by atoms with Gasteiger partial charge in [0.25, 0.3) is 0 Å². The number of hydrogen-bond donors (Lipinski definition) is 2. The summed E-state index contributed by atoms with van der Waals surface area (Å²) in [6.45, 7) is -0.327. The van der Waals surface area contributed by atoms with E-state index in [1.54, 1.807) is 6.07 Å². The van der Waals surface area contributed by atoms with Crippen molar-refractivity contribution in [3.63, 3.8) is 0 Å². The van der Waals surface area contributed by atoms with E-state index in [2.05, 4.69) is 10.4 Å². The Hall–Kier alpha value is -2.84. The van der Waals surface area contributed by atoms with Crippen molar-refractivity contribution < 1.29 is 27.9 Å². The van der Waals surface area contributed by atoms with Crippen LogP contribution < -0.4 is 5.32 Å². The highest BCUT2D eigenvalue weighted by atomic mass is 19.4. The number of carboxylic acid groups (broad SMARTS) is 1. The molecule has 1 amide bonds. The number of anilines is 1. The maximum absolute atomic E-state index is 12.8. The van der Waals surface area contributed by atoms with E-state index in [0.717, 1.165) is 16.8 Å².